The van der Waals surface area contributed by atoms with E-state index in [9.17, 15) is 0 Å². The number of pyridine rings is 1. The number of tetrazole rings is 1. The zero-order valence-corrected chi connectivity index (χ0v) is 12.9. The minimum atomic E-state index is 0.112. The van der Waals surface area contributed by atoms with Crippen molar-refractivity contribution in [3.8, 4) is 0 Å². The van der Waals surface area contributed by atoms with Gasteiger partial charge in [0.1, 0.15) is 0 Å². The molecule has 1 aliphatic rings. The van der Waals surface area contributed by atoms with Crippen LogP contribution < -0.4 is 4.90 Å². The Balaban J connectivity index is 1.51. The lowest BCUT2D eigenvalue weighted by atomic mass is 9.93. The fraction of sp³-hybridized carbons (Fsp3) is 0.294. The fourth-order valence-corrected chi connectivity index (χ4v) is 3.01. The maximum Gasteiger partial charge on any atom is 0.246 e. The molecular formula is C17H18N6. The Labute approximate surface area is 134 Å². The largest absolute Gasteiger partial charge is 0.338 e. The fourth-order valence-electron chi connectivity index (χ4n) is 3.01. The molecule has 3 aromatic rings. The van der Waals surface area contributed by atoms with Crippen LogP contribution in [-0.4, -0.2) is 38.3 Å². The first-order valence-corrected chi connectivity index (χ1v) is 7.80. The molecule has 0 bridgehead atoms. The van der Waals surface area contributed by atoms with Gasteiger partial charge in [-0.2, -0.15) is 0 Å². The zero-order chi connectivity index (χ0) is 15.6. The zero-order valence-electron chi connectivity index (χ0n) is 12.9. The third kappa shape index (κ3) is 2.56. The maximum atomic E-state index is 4.23. The van der Waals surface area contributed by atoms with Gasteiger partial charge in [-0.05, 0) is 40.6 Å². The normalized spacial score (nSPS) is 16.1. The highest BCUT2D eigenvalue weighted by Crippen LogP contribution is 2.31. The van der Waals surface area contributed by atoms with Gasteiger partial charge in [0, 0.05) is 31.4 Å². The molecule has 0 saturated carbocycles. The Hall–Kier alpha value is -2.76. The van der Waals surface area contributed by atoms with Crippen molar-refractivity contribution >= 4 is 5.95 Å². The van der Waals surface area contributed by atoms with Crippen molar-refractivity contribution in [3.63, 3.8) is 0 Å². The Bertz CT molecular complexity index is 764. The summed E-state index contributed by atoms with van der Waals surface area (Å²) in [6.07, 6.45) is 3.69. The van der Waals surface area contributed by atoms with Gasteiger partial charge in [0.25, 0.3) is 0 Å². The van der Waals surface area contributed by atoms with Crippen molar-refractivity contribution in [2.45, 2.75) is 18.9 Å². The number of nitrogens with zero attached hydrogens (tertiary/aromatic N) is 6. The van der Waals surface area contributed by atoms with Crippen LogP contribution in [0.5, 0.6) is 0 Å². The van der Waals surface area contributed by atoms with Crippen molar-refractivity contribution in [1.82, 2.24) is 25.2 Å². The Kier molecular flexibility index (Phi) is 3.49. The standard InChI is InChI=1S/C17H18N6/c1-13(14-5-3-2-4-6-14)23-17(19-20-21-23)22-11-16(12-22)15-7-9-18-10-8-15/h2-10,13,16H,11-12H2,1H3/t13-/m1/s1. The number of rotatable bonds is 4. The van der Waals surface area contributed by atoms with Crippen LogP contribution in [0.15, 0.2) is 54.9 Å². The molecule has 1 aliphatic heterocycles. The molecule has 23 heavy (non-hydrogen) atoms. The first-order chi connectivity index (χ1) is 11.3. The summed E-state index contributed by atoms with van der Waals surface area (Å²) in [5.41, 5.74) is 2.53. The van der Waals surface area contributed by atoms with Crippen LogP contribution >= 0.6 is 0 Å². The van der Waals surface area contributed by atoms with E-state index in [0.29, 0.717) is 5.92 Å². The molecule has 0 unspecified atom stereocenters. The highest BCUT2D eigenvalue weighted by atomic mass is 15.6. The molecule has 1 saturated heterocycles. The molecule has 1 aromatic carbocycles. The summed E-state index contributed by atoms with van der Waals surface area (Å²) >= 11 is 0. The average molecular weight is 306 g/mol. The molecule has 3 heterocycles. The predicted molar refractivity (Wildman–Crippen MR) is 87.3 cm³/mol. The molecule has 0 radical (unpaired) electrons. The van der Waals surface area contributed by atoms with Crippen LogP contribution in [0.1, 0.15) is 30.0 Å². The molecule has 0 aliphatic carbocycles. The van der Waals surface area contributed by atoms with Gasteiger partial charge in [-0.25, -0.2) is 4.68 Å². The molecule has 0 amide bonds. The minimum Gasteiger partial charge on any atom is -0.338 e. The van der Waals surface area contributed by atoms with Gasteiger partial charge in [-0.1, -0.05) is 35.4 Å². The molecule has 0 N–H and O–H groups in total. The Morgan fingerprint density at radius 2 is 1.78 bits per heavy atom. The van der Waals surface area contributed by atoms with Crippen LogP contribution in [0.25, 0.3) is 0 Å². The first kappa shape index (κ1) is 13.9. The lowest BCUT2D eigenvalue weighted by Crippen LogP contribution is -2.46. The van der Waals surface area contributed by atoms with Crippen LogP contribution in [0.3, 0.4) is 0 Å². The van der Waals surface area contributed by atoms with E-state index in [0.717, 1.165) is 19.0 Å². The second-order valence-electron chi connectivity index (χ2n) is 5.89. The van der Waals surface area contributed by atoms with E-state index < -0.39 is 0 Å². The average Bonchev–Trinajstić information content (AvgIpc) is 3.04. The Morgan fingerprint density at radius 1 is 1.04 bits per heavy atom. The van der Waals surface area contributed by atoms with Crippen molar-refractivity contribution in [2.24, 2.45) is 0 Å². The summed E-state index contributed by atoms with van der Waals surface area (Å²) in [5.74, 6) is 1.36. The lowest BCUT2D eigenvalue weighted by Gasteiger charge is -2.40. The van der Waals surface area contributed by atoms with E-state index >= 15 is 0 Å². The predicted octanol–water partition coefficient (Wildman–Crippen LogP) is 2.28. The van der Waals surface area contributed by atoms with E-state index in [1.807, 2.05) is 35.3 Å². The topological polar surface area (TPSA) is 59.7 Å². The molecule has 2 aromatic heterocycles. The molecule has 1 fully saturated rings. The second-order valence-corrected chi connectivity index (χ2v) is 5.89. The van der Waals surface area contributed by atoms with E-state index in [1.54, 1.807) is 0 Å². The highest BCUT2D eigenvalue weighted by Gasteiger charge is 2.32. The highest BCUT2D eigenvalue weighted by molar-refractivity contribution is 5.39. The van der Waals surface area contributed by atoms with Gasteiger partial charge >= 0.3 is 0 Å². The van der Waals surface area contributed by atoms with E-state index in [1.165, 1.54) is 11.1 Å². The van der Waals surface area contributed by atoms with Gasteiger partial charge in [-0.15, -0.1) is 0 Å². The maximum absolute atomic E-state index is 4.23. The van der Waals surface area contributed by atoms with Crippen LogP contribution in [-0.2, 0) is 0 Å². The Morgan fingerprint density at radius 3 is 2.52 bits per heavy atom. The van der Waals surface area contributed by atoms with Gasteiger partial charge in [0.05, 0.1) is 6.04 Å². The third-order valence-electron chi connectivity index (χ3n) is 4.47. The van der Waals surface area contributed by atoms with E-state index in [-0.39, 0.29) is 6.04 Å². The lowest BCUT2D eigenvalue weighted by molar-refractivity contribution is 0.476. The molecule has 0 spiro atoms. The van der Waals surface area contributed by atoms with Gasteiger partial charge < -0.3 is 4.90 Å². The van der Waals surface area contributed by atoms with Crippen molar-refractivity contribution in [3.05, 3.63) is 66.0 Å². The molecule has 116 valence electrons. The van der Waals surface area contributed by atoms with E-state index in [2.05, 4.69) is 56.6 Å². The van der Waals surface area contributed by atoms with Crippen molar-refractivity contribution in [1.29, 1.82) is 0 Å². The molecule has 6 nitrogen and oxygen atoms in total. The summed E-state index contributed by atoms with van der Waals surface area (Å²) < 4.78 is 1.90. The smallest absolute Gasteiger partial charge is 0.246 e. The number of anilines is 1. The second kappa shape index (κ2) is 5.79. The van der Waals surface area contributed by atoms with Gasteiger partial charge in [0.2, 0.25) is 5.95 Å². The summed E-state index contributed by atoms with van der Waals surface area (Å²) in [7, 11) is 0. The molecular weight excluding hydrogens is 288 g/mol. The molecule has 4 rings (SSSR count). The SMILES string of the molecule is C[C@H](c1ccccc1)n1nnnc1N1CC(c2ccncc2)C1. The number of aromatic nitrogens is 5. The molecule has 6 heteroatoms. The summed E-state index contributed by atoms with van der Waals surface area (Å²) in [4.78, 5) is 6.30. The van der Waals surface area contributed by atoms with Crippen LogP contribution in [0.2, 0.25) is 0 Å². The number of hydrogen-bond acceptors (Lipinski definition) is 5. The quantitative estimate of drug-likeness (QED) is 0.740. The first-order valence-electron chi connectivity index (χ1n) is 7.80. The minimum absolute atomic E-state index is 0.112. The van der Waals surface area contributed by atoms with Gasteiger partial charge in [0.15, 0.2) is 0 Å². The summed E-state index contributed by atoms with van der Waals surface area (Å²) in [6, 6.07) is 14.6. The number of benzene rings is 1. The van der Waals surface area contributed by atoms with E-state index in [4.69, 9.17) is 0 Å². The number of hydrogen-bond donors (Lipinski definition) is 0. The van der Waals surface area contributed by atoms with Crippen LogP contribution in [0.4, 0.5) is 5.95 Å². The van der Waals surface area contributed by atoms with Crippen molar-refractivity contribution in [2.75, 3.05) is 18.0 Å². The summed E-state index contributed by atoms with van der Waals surface area (Å²) in [5, 5.41) is 12.3. The monoisotopic (exact) mass is 306 g/mol. The van der Waals surface area contributed by atoms with Gasteiger partial charge in [-0.3, -0.25) is 4.98 Å². The van der Waals surface area contributed by atoms with Crippen molar-refractivity contribution < 1.29 is 0 Å². The molecule has 1 atom stereocenters. The third-order valence-corrected chi connectivity index (χ3v) is 4.47. The summed E-state index contributed by atoms with van der Waals surface area (Å²) in [6.45, 7) is 3.99. The van der Waals surface area contributed by atoms with Crippen LogP contribution in [0, 0.1) is 0 Å².